The molecule has 0 aliphatic carbocycles. The molecule has 0 radical (unpaired) electrons. The number of nitrogens with two attached hydrogens (primary N) is 1. The molecule has 5 heteroatoms. The van der Waals surface area contributed by atoms with Crippen LogP contribution in [0.2, 0.25) is 0 Å². The number of nitrogens with one attached hydrogen (secondary N) is 2. The molecule has 0 spiro atoms. The van der Waals surface area contributed by atoms with Gasteiger partial charge in [-0.15, -0.1) is 0 Å². The predicted octanol–water partition coefficient (Wildman–Crippen LogP) is 0.899. The molecule has 4 N–H and O–H groups in total. The van der Waals surface area contributed by atoms with Crippen LogP contribution < -0.4 is 16.4 Å². The van der Waals surface area contributed by atoms with Gasteiger partial charge in [-0.3, -0.25) is 9.59 Å². The number of anilines is 1. The van der Waals surface area contributed by atoms with Crippen LogP contribution in [-0.2, 0) is 16.0 Å². The Kier molecular flexibility index (Phi) is 6.02. The molecule has 0 saturated carbocycles. The zero-order chi connectivity index (χ0) is 14.3. The maximum atomic E-state index is 11.8. The standard InChI is InChI=1S/C14H21N3O2/c1-3-11(9-15)14(19)17-12-6-4-10(5-7-12)8-13(18)16-2/h4-7,11H,3,8-9,15H2,1-2H3,(H,16,18)(H,17,19). The van der Waals surface area contributed by atoms with Gasteiger partial charge in [-0.05, 0) is 24.1 Å². The Morgan fingerprint density at radius 3 is 2.37 bits per heavy atom. The summed E-state index contributed by atoms with van der Waals surface area (Å²) in [6.45, 7) is 2.28. The first-order chi connectivity index (χ1) is 9.10. The van der Waals surface area contributed by atoms with E-state index in [9.17, 15) is 9.59 Å². The van der Waals surface area contributed by atoms with Gasteiger partial charge in [0.2, 0.25) is 11.8 Å². The molecule has 5 nitrogen and oxygen atoms in total. The topological polar surface area (TPSA) is 84.2 Å². The van der Waals surface area contributed by atoms with Crippen molar-refractivity contribution in [1.82, 2.24) is 5.32 Å². The van der Waals surface area contributed by atoms with Crippen LogP contribution in [0.5, 0.6) is 0 Å². The van der Waals surface area contributed by atoms with Crippen LogP contribution in [0.25, 0.3) is 0 Å². The van der Waals surface area contributed by atoms with Crippen LogP contribution in [0.15, 0.2) is 24.3 Å². The molecular formula is C14H21N3O2. The van der Waals surface area contributed by atoms with Gasteiger partial charge in [0, 0.05) is 19.3 Å². The first-order valence-electron chi connectivity index (χ1n) is 6.41. The summed E-state index contributed by atoms with van der Waals surface area (Å²) in [4.78, 5) is 23.0. The zero-order valence-electron chi connectivity index (χ0n) is 11.4. The van der Waals surface area contributed by atoms with E-state index in [-0.39, 0.29) is 17.7 Å². The smallest absolute Gasteiger partial charge is 0.228 e. The Hall–Kier alpha value is -1.88. The predicted molar refractivity (Wildman–Crippen MR) is 75.7 cm³/mol. The fourth-order valence-electron chi connectivity index (χ4n) is 1.68. The second kappa shape index (κ2) is 7.53. The molecule has 1 aromatic carbocycles. The summed E-state index contributed by atoms with van der Waals surface area (Å²) in [7, 11) is 1.61. The molecule has 0 saturated heterocycles. The summed E-state index contributed by atoms with van der Waals surface area (Å²) >= 11 is 0. The lowest BCUT2D eigenvalue weighted by Gasteiger charge is -2.12. The Morgan fingerprint density at radius 2 is 1.89 bits per heavy atom. The summed E-state index contributed by atoms with van der Waals surface area (Å²) in [5, 5.41) is 5.39. The lowest BCUT2D eigenvalue weighted by molar-refractivity contribution is -0.120. The minimum absolute atomic E-state index is 0.0361. The van der Waals surface area contributed by atoms with Gasteiger partial charge in [-0.1, -0.05) is 19.1 Å². The van der Waals surface area contributed by atoms with Crippen LogP contribution in [0.3, 0.4) is 0 Å². The van der Waals surface area contributed by atoms with Crippen molar-refractivity contribution in [3.8, 4) is 0 Å². The highest BCUT2D eigenvalue weighted by molar-refractivity contribution is 5.92. The van der Waals surface area contributed by atoms with Gasteiger partial charge in [0.1, 0.15) is 0 Å². The molecule has 1 aromatic rings. The average molecular weight is 263 g/mol. The van der Waals surface area contributed by atoms with Crippen LogP contribution in [0.1, 0.15) is 18.9 Å². The highest BCUT2D eigenvalue weighted by Crippen LogP contribution is 2.12. The molecule has 0 fully saturated rings. The van der Waals surface area contributed by atoms with Crippen LogP contribution in [-0.4, -0.2) is 25.4 Å². The zero-order valence-corrected chi connectivity index (χ0v) is 11.4. The van der Waals surface area contributed by atoms with E-state index >= 15 is 0 Å². The summed E-state index contributed by atoms with van der Waals surface area (Å²) in [5.41, 5.74) is 7.15. The molecule has 0 aliphatic heterocycles. The van der Waals surface area contributed by atoms with Crippen molar-refractivity contribution in [1.29, 1.82) is 0 Å². The fraction of sp³-hybridized carbons (Fsp3) is 0.429. The summed E-state index contributed by atoms with van der Waals surface area (Å²) < 4.78 is 0. The monoisotopic (exact) mass is 263 g/mol. The minimum Gasteiger partial charge on any atom is -0.359 e. The molecule has 1 unspecified atom stereocenters. The average Bonchev–Trinajstić information content (AvgIpc) is 2.42. The quantitative estimate of drug-likeness (QED) is 0.713. The maximum Gasteiger partial charge on any atom is 0.228 e. The van der Waals surface area contributed by atoms with Crippen molar-refractivity contribution >= 4 is 17.5 Å². The third-order valence-corrected chi connectivity index (χ3v) is 3.01. The largest absolute Gasteiger partial charge is 0.359 e. The van der Waals surface area contributed by atoms with Gasteiger partial charge >= 0.3 is 0 Å². The van der Waals surface area contributed by atoms with E-state index in [1.165, 1.54) is 0 Å². The Labute approximate surface area is 113 Å². The first-order valence-corrected chi connectivity index (χ1v) is 6.41. The van der Waals surface area contributed by atoms with E-state index in [1.807, 2.05) is 19.1 Å². The van der Waals surface area contributed by atoms with E-state index in [2.05, 4.69) is 10.6 Å². The van der Waals surface area contributed by atoms with Crippen LogP contribution >= 0.6 is 0 Å². The fourth-order valence-corrected chi connectivity index (χ4v) is 1.68. The number of amides is 2. The molecule has 104 valence electrons. The van der Waals surface area contributed by atoms with Gasteiger partial charge in [0.15, 0.2) is 0 Å². The molecule has 1 atom stereocenters. The molecule has 1 rings (SSSR count). The molecule has 2 amide bonds. The van der Waals surface area contributed by atoms with Gasteiger partial charge in [-0.2, -0.15) is 0 Å². The molecule has 0 aliphatic rings. The number of carbonyl (C=O) groups is 2. The molecule has 0 aromatic heterocycles. The molecule has 0 heterocycles. The Morgan fingerprint density at radius 1 is 1.26 bits per heavy atom. The Bertz CT molecular complexity index is 425. The van der Waals surface area contributed by atoms with Gasteiger partial charge < -0.3 is 16.4 Å². The highest BCUT2D eigenvalue weighted by Gasteiger charge is 2.14. The van der Waals surface area contributed by atoms with E-state index < -0.39 is 0 Å². The number of rotatable bonds is 6. The molecular weight excluding hydrogens is 242 g/mol. The normalized spacial score (nSPS) is 11.7. The van der Waals surface area contributed by atoms with E-state index in [1.54, 1.807) is 19.2 Å². The number of benzene rings is 1. The van der Waals surface area contributed by atoms with Gasteiger partial charge in [0.05, 0.1) is 12.3 Å². The first kappa shape index (κ1) is 15.2. The van der Waals surface area contributed by atoms with Crippen molar-refractivity contribution in [3.63, 3.8) is 0 Å². The maximum absolute atomic E-state index is 11.8. The third-order valence-electron chi connectivity index (χ3n) is 3.01. The van der Waals surface area contributed by atoms with Crippen LogP contribution in [0, 0.1) is 5.92 Å². The van der Waals surface area contributed by atoms with E-state index in [0.717, 1.165) is 17.7 Å². The lowest BCUT2D eigenvalue weighted by atomic mass is 10.1. The van der Waals surface area contributed by atoms with E-state index in [4.69, 9.17) is 5.73 Å². The molecule has 0 bridgehead atoms. The second-order valence-electron chi connectivity index (χ2n) is 4.38. The van der Waals surface area contributed by atoms with Gasteiger partial charge in [-0.25, -0.2) is 0 Å². The number of hydrogen-bond donors (Lipinski definition) is 3. The highest BCUT2D eigenvalue weighted by atomic mass is 16.2. The summed E-state index contributed by atoms with van der Waals surface area (Å²) in [6.07, 6.45) is 1.06. The van der Waals surface area contributed by atoms with Crippen LogP contribution in [0.4, 0.5) is 5.69 Å². The van der Waals surface area contributed by atoms with Crippen molar-refractivity contribution in [2.24, 2.45) is 11.7 Å². The summed E-state index contributed by atoms with van der Waals surface area (Å²) in [6, 6.07) is 7.24. The lowest BCUT2D eigenvalue weighted by Crippen LogP contribution is -2.28. The van der Waals surface area contributed by atoms with Crippen molar-refractivity contribution in [3.05, 3.63) is 29.8 Å². The van der Waals surface area contributed by atoms with Crippen molar-refractivity contribution in [2.45, 2.75) is 19.8 Å². The molecule has 19 heavy (non-hydrogen) atoms. The SMILES string of the molecule is CCC(CN)C(=O)Nc1ccc(CC(=O)NC)cc1. The minimum atomic E-state index is -0.162. The second-order valence-corrected chi connectivity index (χ2v) is 4.38. The van der Waals surface area contributed by atoms with Crippen molar-refractivity contribution in [2.75, 3.05) is 18.9 Å². The number of likely N-dealkylation sites (N-methyl/N-ethyl adjacent to an activating group) is 1. The Balaban J connectivity index is 2.61. The number of carbonyl (C=O) groups excluding carboxylic acids is 2. The van der Waals surface area contributed by atoms with Gasteiger partial charge in [0.25, 0.3) is 0 Å². The van der Waals surface area contributed by atoms with Crippen molar-refractivity contribution < 1.29 is 9.59 Å². The summed E-state index contributed by atoms with van der Waals surface area (Å²) in [5.74, 6) is -0.263. The third kappa shape index (κ3) is 4.71. The number of hydrogen-bond acceptors (Lipinski definition) is 3. The van der Waals surface area contributed by atoms with E-state index in [0.29, 0.717) is 13.0 Å².